The first-order valence-electron chi connectivity index (χ1n) is 21.8. The van der Waals surface area contributed by atoms with Crippen molar-refractivity contribution < 1.29 is 95.5 Å². The number of nitrogens with two attached hydrogens (primary N) is 1. The minimum absolute atomic E-state index is 0.0143. The molecular weight excluding hydrogens is 987 g/mol. The summed E-state index contributed by atoms with van der Waals surface area (Å²) in [5, 5.41) is 45.3. The van der Waals surface area contributed by atoms with E-state index in [1.54, 1.807) is 0 Å². The number of unbranched alkanes of at least 4 members (excludes halogenated alkanes) is 7. The summed E-state index contributed by atoms with van der Waals surface area (Å²) >= 11 is 1.09. The van der Waals surface area contributed by atoms with Crippen molar-refractivity contribution in [3.8, 4) is 0 Å². The minimum atomic E-state index is -5.59. The number of aliphatic hydroxyl groups is 3. The van der Waals surface area contributed by atoms with Crippen molar-refractivity contribution >= 4 is 75.1 Å². The van der Waals surface area contributed by atoms with E-state index in [9.17, 15) is 67.8 Å². The van der Waals surface area contributed by atoms with Gasteiger partial charge in [0, 0.05) is 43.5 Å². The smallest absolute Gasteiger partial charge is 0.481 e. The fourth-order valence-corrected chi connectivity index (χ4v) is 10.3. The Hall–Kier alpha value is -3.01. The van der Waals surface area contributed by atoms with E-state index in [0.717, 1.165) is 80.4 Å². The summed E-state index contributed by atoms with van der Waals surface area (Å²) in [6.45, 7) is 0.422. The predicted molar refractivity (Wildman–Crippen MR) is 241 cm³/mol. The van der Waals surface area contributed by atoms with Crippen LogP contribution in [0.2, 0.25) is 0 Å². The Kier molecular flexibility index (Phi) is 24.5. The van der Waals surface area contributed by atoms with Gasteiger partial charge in [-0.3, -0.25) is 37.3 Å². The second kappa shape index (κ2) is 28.1. The van der Waals surface area contributed by atoms with Gasteiger partial charge in [-0.15, -0.1) is 0 Å². The molecule has 0 saturated carbocycles. The van der Waals surface area contributed by atoms with E-state index in [4.69, 9.17) is 24.6 Å². The third-order valence-corrected chi connectivity index (χ3v) is 14.4. The molecule has 3 heterocycles. The third-order valence-electron chi connectivity index (χ3n) is 10.4. The molecule has 68 heavy (non-hydrogen) atoms. The van der Waals surface area contributed by atoms with Crippen LogP contribution in [0.1, 0.15) is 110 Å². The number of anilines is 1. The largest absolute Gasteiger partial charge is 0.481 e. The zero-order valence-corrected chi connectivity index (χ0v) is 41.1. The number of aromatic nitrogens is 4. The van der Waals surface area contributed by atoms with E-state index in [1.165, 1.54) is 13.8 Å². The first-order valence-corrected chi connectivity index (χ1v) is 27.3. The fraction of sp³-hybridized carbons (Fsp3) is 0.757. The lowest BCUT2D eigenvalue weighted by Crippen LogP contribution is -2.46. The molecule has 0 bridgehead atoms. The van der Waals surface area contributed by atoms with Crippen molar-refractivity contribution in [2.45, 2.75) is 140 Å². The summed E-state index contributed by atoms with van der Waals surface area (Å²) < 4.78 is 62.3. The fourth-order valence-electron chi connectivity index (χ4n) is 6.70. The van der Waals surface area contributed by atoms with Crippen LogP contribution in [0.4, 0.5) is 5.82 Å². The summed E-state index contributed by atoms with van der Waals surface area (Å²) in [5.74, 6) is -1.94. The topological polar surface area (TPSA) is 421 Å². The number of hydrogen-bond acceptors (Lipinski definition) is 20. The average Bonchev–Trinajstić information content (AvgIpc) is 3.81. The summed E-state index contributed by atoms with van der Waals surface area (Å²) in [4.78, 5) is 98.8. The molecular formula is C37H64N7O20P3S. The molecule has 8 unspecified atom stereocenters. The van der Waals surface area contributed by atoms with E-state index in [-0.39, 0.29) is 54.1 Å². The predicted octanol–water partition coefficient (Wildman–Crippen LogP) is 2.18. The SMILES string of the molecule is CC(C)(COP(=O)(O)OP(=O)(O)OCC1OC(n2cnc3c(N)ncnc32)C(O)C1OP(=O)(O)O)C(O)C(=O)NCCC(=O)NCCSC(=O)CCCCCCC(O)CCCCCCCC(=O)O. The highest BCUT2D eigenvalue weighted by Crippen LogP contribution is 2.61. The molecule has 12 N–H and O–H groups in total. The lowest BCUT2D eigenvalue weighted by atomic mass is 9.87. The number of nitrogens with one attached hydrogen (secondary N) is 2. The van der Waals surface area contributed by atoms with Crippen molar-refractivity contribution in [3.63, 3.8) is 0 Å². The Balaban J connectivity index is 1.30. The standard InChI is InChI=1S/C37H64N7O20P3S/c1-37(2,32(51)35(52)40-17-16-26(46)39-18-19-68-28(49)15-11-7-6-9-13-24(45)12-8-4-3-5-10-14-27(47)48)21-61-67(58,59)64-66(56,57)60-20-25-31(63-65(53,54)55)30(50)36(62-25)44-23-43-29-33(38)41-22-42-34(29)44/h22-25,30-32,36,45,50-51H,3-21H2,1-2H3,(H,39,46)(H,40,52)(H,47,48)(H,56,57)(H,58,59)(H2,38,41,42)(H2,53,54,55). The number of ether oxygens (including phenoxy) is 1. The highest BCUT2D eigenvalue weighted by Gasteiger charge is 2.50. The number of nitrogen functional groups attached to an aromatic ring is 1. The number of phosphoric acid groups is 3. The molecule has 1 aliphatic heterocycles. The Morgan fingerprint density at radius 1 is 0.868 bits per heavy atom. The number of amides is 2. The number of carbonyl (C=O) groups is 4. The number of phosphoric ester groups is 3. The van der Waals surface area contributed by atoms with Crippen LogP contribution in [0.5, 0.6) is 0 Å². The number of hydrogen-bond donors (Lipinski definition) is 11. The molecule has 1 fully saturated rings. The zero-order valence-electron chi connectivity index (χ0n) is 37.6. The van der Waals surface area contributed by atoms with Gasteiger partial charge in [-0.05, 0) is 25.7 Å². The zero-order chi connectivity index (χ0) is 50.7. The van der Waals surface area contributed by atoms with E-state index >= 15 is 0 Å². The normalized spacial score (nSPS) is 20.4. The number of imidazole rings is 1. The quantitative estimate of drug-likeness (QED) is 0.0353. The minimum Gasteiger partial charge on any atom is -0.481 e. The summed E-state index contributed by atoms with van der Waals surface area (Å²) in [7, 11) is -16.4. The van der Waals surface area contributed by atoms with Gasteiger partial charge in [-0.2, -0.15) is 4.31 Å². The van der Waals surface area contributed by atoms with Crippen LogP contribution in [0.25, 0.3) is 11.2 Å². The third kappa shape index (κ3) is 21.5. The van der Waals surface area contributed by atoms with Crippen LogP contribution in [0.3, 0.4) is 0 Å². The molecule has 8 atom stereocenters. The molecule has 2 amide bonds. The number of aliphatic hydroxyl groups excluding tert-OH is 3. The van der Waals surface area contributed by atoms with Gasteiger partial charge < -0.3 is 61.1 Å². The van der Waals surface area contributed by atoms with Gasteiger partial charge in [0.2, 0.25) is 11.8 Å². The summed E-state index contributed by atoms with van der Waals surface area (Å²) in [6, 6.07) is 0. The van der Waals surface area contributed by atoms with Gasteiger partial charge in [-0.25, -0.2) is 28.6 Å². The van der Waals surface area contributed by atoms with Crippen molar-refractivity contribution in [2.75, 3.05) is 37.8 Å². The monoisotopic (exact) mass is 1050 g/mol. The van der Waals surface area contributed by atoms with Gasteiger partial charge in [-0.1, -0.05) is 70.6 Å². The number of carboxylic acid groups (broad SMARTS) is 1. The number of fused-ring (bicyclic) bond motifs is 1. The number of carboxylic acids is 1. The van der Waals surface area contributed by atoms with Crippen molar-refractivity contribution in [1.82, 2.24) is 30.2 Å². The Bertz CT molecular complexity index is 2100. The second-order valence-electron chi connectivity index (χ2n) is 16.6. The maximum atomic E-state index is 12.7. The Morgan fingerprint density at radius 2 is 1.49 bits per heavy atom. The highest BCUT2D eigenvalue weighted by atomic mass is 32.2. The molecule has 1 saturated heterocycles. The van der Waals surface area contributed by atoms with Crippen molar-refractivity contribution in [1.29, 1.82) is 0 Å². The molecule has 0 spiro atoms. The molecule has 3 rings (SSSR count). The lowest BCUT2D eigenvalue weighted by Gasteiger charge is -2.30. The molecule has 2 aromatic rings. The first-order chi connectivity index (χ1) is 31.8. The molecule has 27 nitrogen and oxygen atoms in total. The van der Waals surface area contributed by atoms with Gasteiger partial charge in [0.1, 0.15) is 36.3 Å². The number of thioether (sulfide) groups is 1. The number of rotatable bonds is 34. The average molecular weight is 1050 g/mol. The van der Waals surface area contributed by atoms with E-state index in [2.05, 4.69) is 34.4 Å². The Labute approximate surface area is 396 Å². The maximum Gasteiger partial charge on any atom is 0.481 e. The summed E-state index contributed by atoms with van der Waals surface area (Å²) in [5.41, 5.74) is 4.24. The van der Waals surface area contributed by atoms with Crippen LogP contribution < -0.4 is 16.4 Å². The molecule has 0 aliphatic carbocycles. The van der Waals surface area contributed by atoms with Crippen LogP contribution in [-0.2, 0) is 55.5 Å². The Morgan fingerprint density at radius 3 is 2.13 bits per heavy atom. The van der Waals surface area contributed by atoms with Crippen LogP contribution in [0, 0.1) is 5.41 Å². The molecule has 0 aromatic carbocycles. The van der Waals surface area contributed by atoms with Crippen LogP contribution in [0.15, 0.2) is 12.7 Å². The highest BCUT2D eigenvalue weighted by molar-refractivity contribution is 8.13. The number of carbonyl (C=O) groups excluding carboxylic acids is 3. The molecule has 388 valence electrons. The molecule has 1 aliphatic rings. The van der Waals surface area contributed by atoms with Gasteiger partial charge in [0.25, 0.3) is 0 Å². The lowest BCUT2D eigenvalue weighted by molar-refractivity contribution is -0.137. The molecule has 31 heteroatoms. The first kappa shape index (κ1) is 59.3. The van der Waals surface area contributed by atoms with Crippen molar-refractivity contribution in [3.05, 3.63) is 12.7 Å². The second-order valence-corrected chi connectivity index (χ2v) is 22.0. The van der Waals surface area contributed by atoms with Gasteiger partial charge >= 0.3 is 29.4 Å². The molecule has 2 aromatic heterocycles. The van der Waals surface area contributed by atoms with Crippen LogP contribution in [-0.4, -0.2) is 145 Å². The van der Waals surface area contributed by atoms with E-state index in [1.807, 2.05) is 0 Å². The van der Waals surface area contributed by atoms with Crippen LogP contribution >= 0.6 is 35.2 Å². The van der Waals surface area contributed by atoms with Gasteiger partial charge in [0.05, 0.1) is 25.6 Å². The van der Waals surface area contributed by atoms with E-state index in [0.29, 0.717) is 31.4 Å². The number of nitrogens with zero attached hydrogens (tertiary/aromatic N) is 4. The summed E-state index contributed by atoms with van der Waals surface area (Å²) in [6.07, 6.45) is 2.33. The van der Waals surface area contributed by atoms with Gasteiger partial charge in [0.15, 0.2) is 22.8 Å². The van der Waals surface area contributed by atoms with E-state index < -0.39 is 90.5 Å². The number of aliphatic carboxylic acids is 1. The maximum absolute atomic E-state index is 12.7. The molecule has 0 radical (unpaired) electrons. The van der Waals surface area contributed by atoms with Crippen molar-refractivity contribution in [2.24, 2.45) is 5.41 Å².